The second-order valence-corrected chi connectivity index (χ2v) is 5.36. The highest BCUT2D eigenvalue weighted by Gasteiger charge is 2.14. The Labute approximate surface area is 126 Å². The molecule has 0 fully saturated rings. The molecule has 0 amide bonds. The van der Waals surface area contributed by atoms with Crippen molar-refractivity contribution in [2.24, 2.45) is 0 Å². The molecule has 21 heavy (non-hydrogen) atoms. The number of aryl methyl sites for hydroxylation is 1. The van der Waals surface area contributed by atoms with Crippen molar-refractivity contribution in [2.75, 3.05) is 23.1 Å². The van der Waals surface area contributed by atoms with Gasteiger partial charge in [0.25, 0.3) is 0 Å². The van der Waals surface area contributed by atoms with Gasteiger partial charge in [-0.25, -0.2) is 15.0 Å². The monoisotopic (exact) mass is 301 g/mol. The van der Waals surface area contributed by atoms with Crippen molar-refractivity contribution in [1.29, 1.82) is 0 Å². The SMILES string of the molecule is CSCCn1c(Nc2cccnc2)nc2c(N)ncnc21. The van der Waals surface area contributed by atoms with E-state index in [4.69, 9.17) is 5.73 Å². The number of pyridine rings is 1. The Bertz CT molecular complexity index is 741. The second-order valence-electron chi connectivity index (χ2n) is 4.38. The molecule has 0 aliphatic carbocycles. The molecule has 0 atom stereocenters. The van der Waals surface area contributed by atoms with Crippen molar-refractivity contribution in [2.45, 2.75) is 6.54 Å². The van der Waals surface area contributed by atoms with E-state index in [1.165, 1.54) is 6.33 Å². The van der Waals surface area contributed by atoms with Gasteiger partial charge in [0, 0.05) is 18.5 Å². The molecule has 3 N–H and O–H groups in total. The molecule has 3 aromatic rings. The summed E-state index contributed by atoms with van der Waals surface area (Å²) in [6, 6.07) is 3.80. The van der Waals surface area contributed by atoms with Crippen LogP contribution in [-0.2, 0) is 6.54 Å². The molecule has 0 aliphatic rings. The predicted octanol–water partition coefficient (Wildman–Crippen LogP) is 1.91. The van der Waals surface area contributed by atoms with E-state index in [9.17, 15) is 0 Å². The Balaban J connectivity index is 2.05. The number of hydrogen-bond donors (Lipinski definition) is 2. The van der Waals surface area contributed by atoms with E-state index in [0.717, 1.165) is 23.6 Å². The van der Waals surface area contributed by atoms with Gasteiger partial charge in [-0.15, -0.1) is 0 Å². The van der Waals surface area contributed by atoms with Gasteiger partial charge >= 0.3 is 0 Å². The molecule has 3 aromatic heterocycles. The van der Waals surface area contributed by atoms with E-state index in [-0.39, 0.29) is 0 Å². The van der Waals surface area contributed by atoms with E-state index >= 15 is 0 Å². The summed E-state index contributed by atoms with van der Waals surface area (Å²) in [5.41, 5.74) is 8.11. The Hall–Kier alpha value is -2.35. The zero-order chi connectivity index (χ0) is 14.7. The van der Waals surface area contributed by atoms with Crippen LogP contribution in [0.5, 0.6) is 0 Å². The van der Waals surface area contributed by atoms with E-state index < -0.39 is 0 Å². The molecular formula is C13H15N7S. The molecule has 0 radical (unpaired) electrons. The highest BCUT2D eigenvalue weighted by molar-refractivity contribution is 7.98. The summed E-state index contributed by atoms with van der Waals surface area (Å²) in [6.45, 7) is 0.788. The van der Waals surface area contributed by atoms with E-state index in [1.807, 2.05) is 16.7 Å². The second kappa shape index (κ2) is 5.96. The smallest absolute Gasteiger partial charge is 0.209 e. The van der Waals surface area contributed by atoms with Crippen molar-refractivity contribution in [3.8, 4) is 0 Å². The third-order valence-corrected chi connectivity index (χ3v) is 3.59. The molecule has 0 spiro atoms. The number of nitrogen functional groups attached to an aromatic ring is 1. The van der Waals surface area contributed by atoms with Crippen molar-refractivity contribution in [1.82, 2.24) is 24.5 Å². The average Bonchev–Trinajstić information content (AvgIpc) is 2.85. The molecule has 0 saturated carbocycles. The van der Waals surface area contributed by atoms with Gasteiger partial charge < -0.3 is 11.1 Å². The third kappa shape index (κ3) is 2.75. The number of rotatable bonds is 5. The van der Waals surface area contributed by atoms with Crippen LogP contribution in [0.15, 0.2) is 30.9 Å². The minimum atomic E-state index is 0.386. The summed E-state index contributed by atoms with van der Waals surface area (Å²) < 4.78 is 2.01. The number of fused-ring (bicyclic) bond motifs is 1. The third-order valence-electron chi connectivity index (χ3n) is 3.00. The summed E-state index contributed by atoms with van der Waals surface area (Å²) in [6.07, 6.45) is 7.00. The Kier molecular flexibility index (Phi) is 3.87. The zero-order valence-electron chi connectivity index (χ0n) is 11.5. The molecule has 7 nitrogen and oxygen atoms in total. The molecule has 0 aromatic carbocycles. The first kappa shape index (κ1) is 13.6. The lowest BCUT2D eigenvalue weighted by molar-refractivity contribution is 0.797. The quantitative estimate of drug-likeness (QED) is 0.743. The molecule has 0 unspecified atom stereocenters. The predicted molar refractivity (Wildman–Crippen MR) is 85.6 cm³/mol. The fraction of sp³-hybridized carbons (Fsp3) is 0.231. The molecule has 8 heteroatoms. The van der Waals surface area contributed by atoms with E-state index in [0.29, 0.717) is 17.3 Å². The van der Waals surface area contributed by atoms with Gasteiger partial charge in [0.1, 0.15) is 6.33 Å². The van der Waals surface area contributed by atoms with E-state index in [1.54, 1.807) is 24.2 Å². The summed E-state index contributed by atoms with van der Waals surface area (Å²) >= 11 is 1.76. The number of thioether (sulfide) groups is 1. The van der Waals surface area contributed by atoms with Crippen LogP contribution >= 0.6 is 11.8 Å². The van der Waals surface area contributed by atoms with Gasteiger partial charge in [-0.2, -0.15) is 11.8 Å². The maximum absolute atomic E-state index is 5.89. The van der Waals surface area contributed by atoms with Crippen molar-refractivity contribution >= 4 is 40.4 Å². The van der Waals surface area contributed by atoms with Crippen molar-refractivity contribution in [3.63, 3.8) is 0 Å². The van der Waals surface area contributed by atoms with Crippen LogP contribution in [0.4, 0.5) is 17.5 Å². The standard InChI is InChI=1S/C13H15N7S/c1-21-6-5-20-12-10(11(14)16-8-17-12)19-13(20)18-9-3-2-4-15-7-9/h2-4,7-8H,5-6H2,1H3,(H,18,19)(H2,14,16,17). The topological polar surface area (TPSA) is 94.5 Å². The molecule has 0 saturated heterocycles. The molecule has 3 rings (SSSR count). The Morgan fingerprint density at radius 3 is 3.05 bits per heavy atom. The van der Waals surface area contributed by atoms with Crippen LogP contribution in [-0.4, -0.2) is 36.5 Å². The molecule has 0 bridgehead atoms. The molecule has 0 aliphatic heterocycles. The molecular weight excluding hydrogens is 286 g/mol. The van der Waals surface area contributed by atoms with Gasteiger partial charge in [-0.3, -0.25) is 9.55 Å². The number of anilines is 3. The minimum Gasteiger partial charge on any atom is -0.382 e. The van der Waals surface area contributed by atoms with Crippen LogP contribution in [0.25, 0.3) is 11.2 Å². The normalized spacial score (nSPS) is 10.9. The number of imidazole rings is 1. The summed E-state index contributed by atoms with van der Waals surface area (Å²) in [7, 11) is 0. The maximum atomic E-state index is 5.89. The lowest BCUT2D eigenvalue weighted by Crippen LogP contribution is -2.06. The number of aromatic nitrogens is 5. The lowest BCUT2D eigenvalue weighted by Gasteiger charge is -2.09. The van der Waals surface area contributed by atoms with Crippen LogP contribution in [0.2, 0.25) is 0 Å². The minimum absolute atomic E-state index is 0.386. The van der Waals surface area contributed by atoms with Gasteiger partial charge in [0.05, 0.1) is 11.9 Å². The maximum Gasteiger partial charge on any atom is 0.209 e. The number of hydrogen-bond acceptors (Lipinski definition) is 7. The highest BCUT2D eigenvalue weighted by Crippen LogP contribution is 2.23. The average molecular weight is 301 g/mol. The lowest BCUT2D eigenvalue weighted by atomic mass is 10.4. The number of nitrogens with zero attached hydrogens (tertiary/aromatic N) is 5. The Morgan fingerprint density at radius 1 is 1.38 bits per heavy atom. The van der Waals surface area contributed by atoms with Crippen LogP contribution < -0.4 is 11.1 Å². The number of nitrogens with one attached hydrogen (secondary N) is 1. The largest absolute Gasteiger partial charge is 0.382 e. The fourth-order valence-electron chi connectivity index (χ4n) is 2.01. The summed E-state index contributed by atoms with van der Waals surface area (Å²) in [5, 5.41) is 3.25. The zero-order valence-corrected chi connectivity index (χ0v) is 12.3. The first-order valence-electron chi connectivity index (χ1n) is 6.42. The van der Waals surface area contributed by atoms with Crippen molar-refractivity contribution in [3.05, 3.63) is 30.9 Å². The molecule has 3 heterocycles. The van der Waals surface area contributed by atoms with Gasteiger partial charge in [-0.1, -0.05) is 0 Å². The van der Waals surface area contributed by atoms with Gasteiger partial charge in [-0.05, 0) is 18.4 Å². The van der Waals surface area contributed by atoms with Crippen LogP contribution in [0.3, 0.4) is 0 Å². The van der Waals surface area contributed by atoms with Crippen LogP contribution in [0.1, 0.15) is 0 Å². The summed E-state index contributed by atoms with van der Waals surface area (Å²) in [4.78, 5) is 16.9. The van der Waals surface area contributed by atoms with Crippen LogP contribution in [0, 0.1) is 0 Å². The number of nitrogens with two attached hydrogens (primary N) is 1. The summed E-state index contributed by atoms with van der Waals surface area (Å²) in [5.74, 6) is 2.04. The Morgan fingerprint density at radius 2 is 2.29 bits per heavy atom. The first-order valence-corrected chi connectivity index (χ1v) is 7.81. The van der Waals surface area contributed by atoms with Gasteiger partial charge in [0.15, 0.2) is 17.0 Å². The molecule has 108 valence electrons. The van der Waals surface area contributed by atoms with E-state index in [2.05, 4.69) is 31.5 Å². The first-order chi connectivity index (χ1) is 10.3. The van der Waals surface area contributed by atoms with Gasteiger partial charge in [0.2, 0.25) is 5.95 Å². The fourth-order valence-corrected chi connectivity index (χ4v) is 2.37. The van der Waals surface area contributed by atoms with Crippen molar-refractivity contribution < 1.29 is 0 Å². The highest BCUT2D eigenvalue weighted by atomic mass is 32.2.